The number of ether oxygens (including phenoxy) is 8. The maximum Gasteiger partial charge on any atom is 0.322 e. The van der Waals surface area contributed by atoms with E-state index >= 15 is 0 Å². The highest BCUT2D eigenvalue weighted by molar-refractivity contribution is 5.95. The van der Waals surface area contributed by atoms with Crippen LogP contribution in [0.1, 0.15) is 51.0 Å². The quantitative estimate of drug-likeness (QED) is 0.111. The molecule has 0 fully saturated rings. The van der Waals surface area contributed by atoms with Crippen LogP contribution in [0.3, 0.4) is 0 Å². The number of urea groups is 2. The third kappa shape index (κ3) is 9.02. The molecule has 0 saturated heterocycles. The van der Waals surface area contributed by atoms with Gasteiger partial charge in [-0.05, 0) is 132 Å². The van der Waals surface area contributed by atoms with Crippen LogP contribution < -0.4 is 48.5 Å². The summed E-state index contributed by atoms with van der Waals surface area (Å²) >= 11 is 0. The molecule has 2 heterocycles. The van der Waals surface area contributed by atoms with E-state index in [2.05, 4.69) is 10.6 Å². The Morgan fingerprint density at radius 2 is 0.841 bits per heavy atom. The monoisotopic (exact) mass is 860 g/mol. The summed E-state index contributed by atoms with van der Waals surface area (Å²) < 4.78 is 44.9. The Kier molecular flexibility index (Phi) is 13.6. The van der Waals surface area contributed by atoms with E-state index in [9.17, 15) is 9.59 Å². The predicted octanol–water partition coefficient (Wildman–Crippen LogP) is 8.81. The van der Waals surface area contributed by atoms with Gasteiger partial charge in [-0.3, -0.25) is 0 Å². The van der Waals surface area contributed by atoms with Crippen molar-refractivity contribution in [1.29, 1.82) is 0 Å². The molecule has 14 heteroatoms. The van der Waals surface area contributed by atoms with Crippen LogP contribution in [0.25, 0.3) is 0 Å². The Bertz CT molecular complexity index is 2310. The number of hydrogen-bond acceptors (Lipinski definition) is 10. The maximum atomic E-state index is 14.5. The molecule has 2 aliphatic rings. The largest absolute Gasteiger partial charge is 0.493 e. The van der Waals surface area contributed by atoms with Crippen molar-refractivity contribution in [2.75, 3.05) is 80.6 Å². The maximum absolute atomic E-state index is 14.5. The molecule has 0 aromatic heterocycles. The van der Waals surface area contributed by atoms with Gasteiger partial charge in [0.2, 0.25) is 0 Å². The molecule has 5 aromatic rings. The molecule has 2 aliphatic heterocycles. The van der Waals surface area contributed by atoms with Gasteiger partial charge < -0.3 is 58.3 Å². The third-order valence-electron chi connectivity index (χ3n) is 12.1. The minimum absolute atomic E-state index is 0.278. The van der Waals surface area contributed by atoms with Crippen LogP contribution in [0.5, 0.6) is 46.0 Å². The van der Waals surface area contributed by atoms with Gasteiger partial charge in [-0.15, -0.1) is 0 Å². The summed E-state index contributed by atoms with van der Waals surface area (Å²) in [7, 11) is 12.9. The van der Waals surface area contributed by atoms with Crippen molar-refractivity contribution >= 4 is 23.4 Å². The molecule has 0 aliphatic carbocycles. The molecular formula is C49H56N4O10. The van der Waals surface area contributed by atoms with Crippen molar-refractivity contribution in [3.05, 3.63) is 118 Å². The zero-order valence-electron chi connectivity index (χ0n) is 37.4. The molecule has 332 valence electrons. The van der Waals surface area contributed by atoms with Gasteiger partial charge in [0.15, 0.2) is 46.0 Å². The molecule has 4 amide bonds. The fourth-order valence-electron chi connectivity index (χ4n) is 8.72. The van der Waals surface area contributed by atoms with E-state index < -0.39 is 0 Å². The highest BCUT2D eigenvalue weighted by Gasteiger charge is 2.35. The number of fused-ring (bicyclic) bond motifs is 2. The van der Waals surface area contributed by atoms with Crippen molar-refractivity contribution in [2.45, 2.75) is 44.7 Å². The number of nitrogens with one attached hydrogen (secondary N) is 2. The topological polar surface area (TPSA) is 139 Å². The summed E-state index contributed by atoms with van der Waals surface area (Å²) in [6.07, 6.45) is 2.21. The van der Waals surface area contributed by atoms with E-state index in [-0.39, 0.29) is 24.1 Å². The van der Waals surface area contributed by atoms with Crippen molar-refractivity contribution < 1.29 is 47.5 Å². The van der Waals surface area contributed by atoms with Gasteiger partial charge in [0.05, 0.1) is 69.0 Å². The van der Waals surface area contributed by atoms with E-state index in [0.29, 0.717) is 102 Å². The number of benzene rings is 5. The lowest BCUT2D eigenvalue weighted by Gasteiger charge is -2.38. The molecule has 0 bridgehead atoms. The predicted molar refractivity (Wildman–Crippen MR) is 241 cm³/mol. The number of carbonyl (C=O) groups excluding carboxylic acids is 2. The summed E-state index contributed by atoms with van der Waals surface area (Å²) in [5.74, 6) is 4.87. The van der Waals surface area contributed by atoms with Gasteiger partial charge >= 0.3 is 12.1 Å². The Labute approximate surface area is 368 Å². The van der Waals surface area contributed by atoms with E-state index in [4.69, 9.17) is 37.9 Å². The lowest BCUT2D eigenvalue weighted by molar-refractivity contribution is 0.181. The fraction of sp³-hybridized carbons (Fsp3) is 0.347. The molecule has 7 rings (SSSR count). The van der Waals surface area contributed by atoms with Crippen molar-refractivity contribution in [3.8, 4) is 46.0 Å². The van der Waals surface area contributed by atoms with Crippen molar-refractivity contribution in [1.82, 2.24) is 9.80 Å². The Morgan fingerprint density at radius 1 is 0.492 bits per heavy atom. The zero-order chi connectivity index (χ0) is 44.8. The summed E-state index contributed by atoms with van der Waals surface area (Å²) in [5, 5.41) is 6.37. The molecule has 0 radical (unpaired) electrons. The first-order valence-corrected chi connectivity index (χ1v) is 20.7. The van der Waals surface area contributed by atoms with Crippen LogP contribution in [0.2, 0.25) is 0 Å². The van der Waals surface area contributed by atoms with Crippen molar-refractivity contribution in [2.24, 2.45) is 0 Å². The van der Waals surface area contributed by atoms with Gasteiger partial charge in [0, 0.05) is 24.5 Å². The van der Waals surface area contributed by atoms with Crippen LogP contribution in [0.15, 0.2) is 78.9 Å². The minimum atomic E-state index is -0.363. The van der Waals surface area contributed by atoms with Gasteiger partial charge in [0.25, 0.3) is 0 Å². The number of anilines is 2. The Balaban J connectivity index is 1.16. The summed E-state index contributed by atoms with van der Waals surface area (Å²) in [6.45, 7) is 2.80. The Morgan fingerprint density at radius 3 is 1.21 bits per heavy atom. The molecule has 63 heavy (non-hydrogen) atoms. The molecule has 0 spiro atoms. The molecule has 5 aromatic carbocycles. The first kappa shape index (κ1) is 44.1. The Hall–Kier alpha value is -6.96. The van der Waals surface area contributed by atoms with Gasteiger partial charge in [-0.25, -0.2) is 9.59 Å². The summed E-state index contributed by atoms with van der Waals surface area (Å²) in [5.41, 5.74) is 7.84. The normalized spacial score (nSPS) is 15.3. The number of amides is 4. The van der Waals surface area contributed by atoms with Crippen LogP contribution in [0, 0.1) is 6.92 Å². The molecule has 14 nitrogen and oxygen atoms in total. The first-order valence-electron chi connectivity index (χ1n) is 20.7. The van der Waals surface area contributed by atoms with E-state index in [1.54, 1.807) is 56.9 Å². The number of methoxy groups -OCH3 is 8. The standard InChI is InChI=1S/C49H56N4O10/c1-29-36(50-48(54)52-19-17-32-25-44(60-6)46(62-8)27-34(32)38(52)21-30-13-15-40(56-2)42(23-30)58-4)11-10-12-37(29)51-49(55)53-20-18-33-26-45(61-7)47(63-9)28-35(33)39(53)22-31-14-16-41(57-3)43(24-31)59-5/h10-16,23-28,38-39H,17-22H2,1-9H3,(H,50,54)(H,51,55). The minimum Gasteiger partial charge on any atom is -0.493 e. The highest BCUT2D eigenvalue weighted by Crippen LogP contribution is 2.43. The third-order valence-corrected chi connectivity index (χ3v) is 12.1. The first-order chi connectivity index (χ1) is 30.6. The average Bonchev–Trinajstić information content (AvgIpc) is 3.31. The molecule has 0 saturated carbocycles. The second kappa shape index (κ2) is 19.4. The van der Waals surface area contributed by atoms with Crippen LogP contribution >= 0.6 is 0 Å². The summed E-state index contributed by atoms with van der Waals surface area (Å²) in [4.78, 5) is 32.7. The molecule has 2 atom stereocenters. The van der Waals surface area contributed by atoms with Crippen LogP contribution in [-0.4, -0.2) is 91.8 Å². The van der Waals surface area contributed by atoms with E-state index in [1.807, 2.05) is 95.6 Å². The SMILES string of the molecule is COc1ccc(CC2c3cc(OC)c(OC)cc3CCN2C(=O)Nc2cccc(NC(=O)N3CCc4cc(OC)c(OC)cc4C3Cc3ccc(OC)c(OC)c3)c2C)cc1OC. The van der Waals surface area contributed by atoms with Crippen molar-refractivity contribution in [3.63, 3.8) is 0 Å². The number of carbonyl (C=O) groups is 2. The van der Waals surface area contributed by atoms with Gasteiger partial charge in [0.1, 0.15) is 0 Å². The molecule has 2 N–H and O–H groups in total. The fourth-order valence-corrected chi connectivity index (χ4v) is 8.72. The van der Waals surface area contributed by atoms with Crippen LogP contribution in [0.4, 0.5) is 21.0 Å². The van der Waals surface area contributed by atoms with Crippen LogP contribution in [-0.2, 0) is 25.7 Å². The average molecular weight is 861 g/mol. The zero-order valence-corrected chi connectivity index (χ0v) is 37.4. The number of hydrogen-bond donors (Lipinski definition) is 2. The van der Waals surface area contributed by atoms with E-state index in [1.165, 1.54) is 0 Å². The van der Waals surface area contributed by atoms with Gasteiger partial charge in [-0.1, -0.05) is 18.2 Å². The van der Waals surface area contributed by atoms with E-state index in [0.717, 1.165) is 33.4 Å². The second-order valence-corrected chi connectivity index (χ2v) is 15.4. The molecular weight excluding hydrogens is 805 g/mol. The van der Waals surface area contributed by atoms with Gasteiger partial charge in [-0.2, -0.15) is 0 Å². The molecule has 2 unspecified atom stereocenters. The lowest BCUT2D eigenvalue weighted by atomic mass is 9.88. The highest BCUT2D eigenvalue weighted by atomic mass is 16.5. The lowest BCUT2D eigenvalue weighted by Crippen LogP contribution is -2.44. The smallest absolute Gasteiger partial charge is 0.322 e. The number of nitrogens with zero attached hydrogens (tertiary/aromatic N) is 2. The second-order valence-electron chi connectivity index (χ2n) is 15.4. The summed E-state index contributed by atoms with van der Waals surface area (Å²) in [6, 6.07) is 23.7. The number of rotatable bonds is 14.